The van der Waals surface area contributed by atoms with Gasteiger partial charge in [0.1, 0.15) is 12.0 Å². The average molecular weight is 233 g/mol. The van der Waals surface area contributed by atoms with E-state index >= 15 is 0 Å². The van der Waals surface area contributed by atoms with Crippen molar-refractivity contribution in [3.05, 3.63) is 29.3 Å². The van der Waals surface area contributed by atoms with Gasteiger partial charge in [0.2, 0.25) is 0 Å². The normalized spacial score (nSPS) is 19.9. The van der Waals surface area contributed by atoms with Crippen molar-refractivity contribution in [2.24, 2.45) is 0 Å². The number of piperidine rings is 1. The maximum absolute atomic E-state index is 11.0. The summed E-state index contributed by atoms with van der Waals surface area (Å²) >= 11 is 0. The van der Waals surface area contributed by atoms with Crippen LogP contribution in [0.2, 0.25) is 0 Å². The SMILES string of the molecule is COc1ccc(C=O)c(CC2CCCCN2)c1. The molecule has 1 atom stereocenters. The van der Waals surface area contributed by atoms with Crippen LogP contribution in [0.1, 0.15) is 35.2 Å². The number of aldehydes is 1. The standard InChI is InChI=1S/C14H19NO2/c1-17-14-6-5-11(10-16)12(9-14)8-13-4-2-3-7-15-13/h5-6,9-10,13,15H,2-4,7-8H2,1H3. The highest BCUT2D eigenvalue weighted by atomic mass is 16.5. The van der Waals surface area contributed by atoms with Gasteiger partial charge in [-0.25, -0.2) is 0 Å². The van der Waals surface area contributed by atoms with Crippen molar-refractivity contribution < 1.29 is 9.53 Å². The van der Waals surface area contributed by atoms with Gasteiger partial charge in [-0.15, -0.1) is 0 Å². The highest BCUT2D eigenvalue weighted by molar-refractivity contribution is 5.77. The molecule has 1 heterocycles. The summed E-state index contributed by atoms with van der Waals surface area (Å²) in [7, 11) is 1.65. The first-order chi connectivity index (χ1) is 8.33. The second-order valence-corrected chi connectivity index (χ2v) is 4.53. The van der Waals surface area contributed by atoms with Crippen LogP contribution in [-0.4, -0.2) is 26.0 Å². The maximum atomic E-state index is 11.0. The van der Waals surface area contributed by atoms with E-state index in [1.165, 1.54) is 19.3 Å². The molecule has 0 saturated carbocycles. The number of hydrogen-bond acceptors (Lipinski definition) is 3. The first-order valence-electron chi connectivity index (χ1n) is 6.19. The Morgan fingerprint density at radius 1 is 1.47 bits per heavy atom. The zero-order valence-corrected chi connectivity index (χ0v) is 10.2. The summed E-state index contributed by atoms with van der Waals surface area (Å²) in [6.45, 7) is 1.09. The van der Waals surface area contributed by atoms with Gasteiger partial charge in [0, 0.05) is 11.6 Å². The van der Waals surface area contributed by atoms with E-state index in [0.29, 0.717) is 6.04 Å². The Morgan fingerprint density at radius 2 is 2.35 bits per heavy atom. The van der Waals surface area contributed by atoms with Gasteiger partial charge in [-0.3, -0.25) is 4.79 Å². The molecule has 1 aliphatic heterocycles. The highest BCUT2D eigenvalue weighted by Crippen LogP contribution is 2.20. The number of benzene rings is 1. The lowest BCUT2D eigenvalue weighted by atomic mass is 9.95. The van der Waals surface area contributed by atoms with Crippen LogP contribution < -0.4 is 10.1 Å². The third-order valence-electron chi connectivity index (χ3n) is 3.36. The van der Waals surface area contributed by atoms with Crippen molar-refractivity contribution in [1.82, 2.24) is 5.32 Å². The highest BCUT2D eigenvalue weighted by Gasteiger charge is 2.15. The van der Waals surface area contributed by atoms with Crippen LogP contribution >= 0.6 is 0 Å². The quantitative estimate of drug-likeness (QED) is 0.810. The largest absolute Gasteiger partial charge is 0.497 e. The van der Waals surface area contributed by atoms with Crippen LogP contribution in [0.5, 0.6) is 5.75 Å². The van der Waals surface area contributed by atoms with Gasteiger partial charge < -0.3 is 10.1 Å². The first-order valence-corrected chi connectivity index (χ1v) is 6.19. The van der Waals surface area contributed by atoms with Gasteiger partial charge in [-0.2, -0.15) is 0 Å². The summed E-state index contributed by atoms with van der Waals surface area (Å²) in [5, 5.41) is 3.50. The average Bonchev–Trinajstić information content (AvgIpc) is 2.40. The van der Waals surface area contributed by atoms with Crippen LogP contribution in [0, 0.1) is 0 Å². The lowest BCUT2D eigenvalue weighted by molar-refractivity contribution is 0.112. The van der Waals surface area contributed by atoms with Gasteiger partial charge in [-0.05, 0) is 49.6 Å². The molecule has 1 N–H and O–H groups in total. The van der Waals surface area contributed by atoms with Crippen LogP contribution in [0.3, 0.4) is 0 Å². The molecule has 0 amide bonds. The zero-order valence-electron chi connectivity index (χ0n) is 10.2. The van der Waals surface area contributed by atoms with E-state index < -0.39 is 0 Å². The molecule has 0 radical (unpaired) electrons. The van der Waals surface area contributed by atoms with Crippen LogP contribution in [0.25, 0.3) is 0 Å². The molecule has 3 heteroatoms. The van der Waals surface area contributed by atoms with E-state index in [2.05, 4.69) is 5.32 Å². The van der Waals surface area contributed by atoms with Crippen LogP contribution in [0.15, 0.2) is 18.2 Å². The molecule has 0 aromatic heterocycles. The Kier molecular flexibility index (Phi) is 4.15. The minimum atomic E-state index is 0.495. The fourth-order valence-corrected chi connectivity index (χ4v) is 2.36. The fourth-order valence-electron chi connectivity index (χ4n) is 2.36. The van der Waals surface area contributed by atoms with Crippen molar-refractivity contribution in [3.8, 4) is 5.75 Å². The lowest BCUT2D eigenvalue weighted by Gasteiger charge is -2.24. The molecule has 2 rings (SSSR count). The second-order valence-electron chi connectivity index (χ2n) is 4.53. The first kappa shape index (κ1) is 12.1. The number of methoxy groups -OCH3 is 1. The molecule has 1 aromatic carbocycles. The topological polar surface area (TPSA) is 38.3 Å². The van der Waals surface area contributed by atoms with E-state index in [4.69, 9.17) is 4.74 Å². The van der Waals surface area contributed by atoms with Crippen molar-refractivity contribution >= 4 is 6.29 Å². The van der Waals surface area contributed by atoms with Crippen molar-refractivity contribution in [2.45, 2.75) is 31.7 Å². The molecule has 1 fully saturated rings. The Balaban J connectivity index is 2.14. The smallest absolute Gasteiger partial charge is 0.150 e. The summed E-state index contributed by atoms with van der Waals surface area (Å²) in [6.07, 6.45) is 5.56. The van der Waals surface area contributed by atoms with Gasteiger partial charge in [-0.1, -0.05) is 6.42 Å². The predicted octanol–water partition coefficient (Wildman–Crippen LogP) is 2.19. The molecule has 17 heavy (non-hydrogen) atoms. The van der Waals surface area contributed by atoms with Gasteiger partial charge in [0.15, 0.2) is 0 Å². The molecule has 1 aromatic rings. The minimum absolute atomic E-state index is 0.495. The molecule has 92 valence electrons. The molecule has 0 bridgehead atoms. The summed E-state index contributed by atoms with van der Waals surface area (Å²) in [5.41, 5.74) is 1.86. The van der Waals surface area contributed by atoms with E-state index in [-0.39, 0.29) is 0 Å². The summed E-state index contributed by atoms with van der Waals surface area (Å²) < 4.78 is 5.21. The van der Waals surface area contributed by atoms with E-state index in [1.54, 1.807) is 7.11 Å². The third kappa shape index (κ3) is 3.07. The number of carbonyl (C=O) groups is 1. The molecular formula is C14H19NO2. The number of rotatable bonds is 4. The summed E-state index contributed by atoms with van der Waals surface area (Å²) in [4.78, 5) is 11.0. The zero-order chi connectivity index (χ0) is 12.1. The van der Waals surface area contributed by atoms with Crippen molar-refractivity contribution in [1.29, 1.82) is 0 Å². The van der Waals surface area contributed by atoms with E-state index in [9.17, 15) is 4.79 Å². The monoisotopic (exact) mass is 233 g/mol. The molecular weight excluding hydrogens is 214 g/mol. The maximum Gasteiger partial charge on any atom is 0.150 e. The Morgan fingerprint density at radius 3 is 3.00 bits per heavy atom. The third-order valence-corrected chi connectivity index (χ3v) is 3.36. The summed E-state index contributed by atoms with van der Waals surface area (Å²) in [6, 6.07) is 6.14. The Hall–Kier alpha value is -1.35. The lowest BCUT2D eigenvalue weighted by Crippen LogP contribution is -2.35. The van der Waals surface area contributed by atoms with Crippen molar-refractivity contribution in [3.63, 3.8) is 0 Å². The number of hydrogen-bond donors (Lipinski definition) is 1. The fraction of sp³-hybridized carbons (Fsp3) is 0.500. The number of ether oxygens (including phenoxy) is 1. The number of carbonyl (C=O) groups excluding carboxylic acids is 1. The Labute approximate surface area is 102 Å². The van der Waals surface area contributed by atoms with Crippen LogP contribution in [0.4, 0.5) is 0 Å². The van der Waals surface area contributed by atoms with Crippen molar-refractivity contribution in [2.75, 3.05) is 13.7 Å². The van der Waals surface area contributed by atoms with Gasteiger partial charge in [0.05, 0.1) is 7.11 Å². The molecule has 0 spiro atoms. The Bertz CT molecular complexity index is 384. The summed E-state index contributed by atoms with van der Waals surface area (Å²) in [5.74, 6) is 0.821. The molecule has 3 nitrogen and oxygen atoms in total. The molecule has 1 saturated heterocycles. The molecule has 1 aliphatic rings. The van der Waals surface area contributed by atoms with E-state index in [0.717, 1.165) is 36.1 Å². The van der Waals surface area contributed by atoms with E-state index in [1.807, 2.05) is 18.2 Å². The molecule has 0 aliphatic carbocycles. The van der Waals surface area contributed by atoms with Crippen LogP contribution in [-0.2, 0) is 6.42 Å². The second kappa shape index (κ2) is 5.82. The van der Waals surface area contributed by atoms with Gasteiger partial charge >= 0.3 is 0 Å². The predicted molar refractivity (Wildman–Crippen MR) is 67.7 cm³/mol. The molecule has 1 unspecified atom stereocenters. The minimum Gasteiger partial charge on any atom is -0.497 e. The van der Waals surface area contributed by atoms with Gasteiger partial charge in [0.25, 0.3) is 0 Å². The number of nitrogens with one attached hydrogen (secondary N) is 1.